The summed E-state index contributed by atoms with van der Waals surface area (Å²) in [5.74, 6) is 0.0270. The van der Waals surface area contributed by atoms with E-state index in [2.05, 4.69) is 9.99 Å². The van der Waals surface area contributed by atoms with Crippen molar-refractivity contribution in [2.24, 2.45) is 5.16 Å². The van der Waals surface area contributed by atoms with E-state index in [4.69, 9.17) is 4.74 Å². The minimum atomic E-state index is -0.648. The minimum Gasteiger partial charge on any atom is -0.497 e. The molecule has 0 saturated carbocycles. The standard InChI is InChI=1S/C9H10FNO2/c1-12-8-5-3-7(4-6-8)9(10)11-13-2/h3-6H,1-2H3/b11-9-. The van der Waals surface area contributed by atoms with Gasteiger partial charge in [0.15, 0.2) is 0 Å². The van der Waals surface area contributed by atoms with Crippen molar-refractivity contribution < 1.29 is 14.0 Å². The largest absolute Gasteiger partial charge is 0.497 e. The molecular weight excluding hydrogens is 173 g/mol. The number of rotatable bonds is 3. The van der Waals surface area contributed by atoms with Crippen LogP contribution in [0, 0.1) is 0 Å². The van der Waals surface area contributed by atoms with Gasteiger partial charge in [0.1, 0.15) is 12.9 Å². The molecule has 0 aliphatic rings. The van der Waals surface area contributed by atoms with Crippen LogP contribution in [-0.2, 0) is 4.84 Å². The van der Waals surface area contributed by atoms with Crippen LogP contribution in [0.15, 0.2) is 29.4 Å². The van der Waals surface area contributed by atoms with E-state index in [0.29, 0.717) is 11.3 Å². The smallest absolute Gasteiger partial charge is 0.257 e. The lowest BCUT2D eigenvalue weighted by atomic mass is 10.2. The van der Waals surface area contributed by atoms with Crippen molar-refractivity contribution in [3.8, 4) is 5.75 Å². The highest BCUT2D eigenvalue weighted by atomic mass is 19.1. The summed E-state index contributed by atoms with van der Waals surface area (Å²) in [6.07, 6.45) is 0. The predicted molar refractivity (Wildman–Crippen MR) is 47.6 cm³/mol. The van der Waals surface area contributed by atoms with Crippen LogP contribution in [0.1, 0.15) is 5.56 Å². The van der Waals surface area contributed by atoms with E-state index in [1.165, 1.54) is 7.11 Å². The average molecular weight is 183 g/mol. The van der Waals surface area contributed by atoms with Crippen LogP contribution in [0.5, 0.6) is 5.75 Å². The van der Waals surface area contributed by atoms with E-state index in [-0.39, 0.29) is 0 Å². The Kier molecular flexibility index (Phi) is 3.25. The van der Waals surface area contributed by atoms with Crippen LogP contribution in [-0.4, -0.2) is 20.2 Å². The summed E-state index contributed by atoms with van der Waals surface area (Å²) in [5.41, 5.74) is 0.364. The van der Waals surface area contributed by atoms with Crippen LogP contribution in [0.2, 0.25) is 0 Å². The minimum absolute atomic E-state index is 0.364. The van der Waals surface area contributed by atoms with Gasteiger partial charge in [0.2, 0.25) is 0 Å². The van der Waals surface area contributed by atoms with Gasteiger partial charge in [-0.05, 0) is 24.3 Å². The molecule has 0 radical (unpaired) electrons. The van der Waals surface area contributed by atoms with Gasteiger partial charge >= 0.3 is 0 Å². The second kappa shape index (κ2) is 4.45. The molecule has 1 aromatic carbocycles. The lowest BCUT2D eigenvalue weighted by Gasteiger charge is -1.99. The summed E-state index contributed by atoms with van der Waals surface area (Å²) < 4.78 is 17.9. The molecule has 0 heterocycles. The lowest BCUT2D eigenvalue weighted by Crippen LogP contribution is -1.93. The first kappa shape index (κ1) is 9.51. The maximum atomic E-state index is 13.0. The maximum absolute atomic E-state index is 13.0. The van der Waals surface area contributed by atoms with E-state index in [0.717, 1.165) is 0 Å². The Morgan fingerprint density at radius 1 is 1.23 bits per heavy atom. The maximum Gasteiger partial charge on any atom is 0.257 e. The molecule has 0 unspecified atom stereocenters. The Balaban J connectivity index is 2.85. The zero-order valence-corrected chi connectivity index (χ0v) is 7.45. The molecular formula is C9H10FNO2. The summed E-state index contributed by atoms with van der Waals surface area (Å²) in [4.78, 5) is 4.30. The average Bonchev–Trinajstić information content (AvgIpc) is 2.18. The molecule has 0 aliphatic carbocycles. The summed E-state index contributed by atoms with van der Waals surface area (Å²) in [5, 5.41) is 3.16. The second-order valence-electron chi connectivity index (χ2n) is 2.29. The molecule has 0 atom stereocenters. The first-order valence-corrected chi connectivity index (χ1v) is 3.69. The molecule has 0 N–H and O–H groups in total. The van der Waals surface area contributed by atoms with E-state index in [9.17, 15) is 4.39 Å². The fraction of sp³-hybridized carbons (Fsp3) is 0.222. The number of oxime groups is 1. The van der Waals surface area contributed by atoms with Gasteiger partial charge in [-0.15, -0.1) is 0 Å². The third-order valence-electron chi connectivity index (χ3n) is 1.50. The number of benzene rings is 1. The van der Waals surface area contributed by atoms with Crippen molar-refractivity contribution >= 4 is 5.97 Å². The number of hydrogen-bond acceptors (Lipinski definition) is 3. The topological polar surface area (TPSA) is 30.8 Å². The van der Waals surface area contributed by atoms with Gasteiger partial charge < -0.3 is 9.57 Å². The Labute approximate surface area is 75.8 Å². The highest BCUT2D eigenvalue weighted by molar-refractivity contribution is 5.92. The van der Waals surface area contributed by atoms with Crippen LogP contribution < -0.4 is 4.74 Å². The molecule has 0 bridgehead atoms. The van der Waals surface area contributed by atoms with Gasteiger partial charge in [-0.1, -0.05) is 5.16 Å². The third-order valence-corrected chi connectivity index (χ3v) is 1.50. The van der Waals surface area contributed by atoms with Crippen LogP contribution in [0.4, 0.5) is 4.39 Å². The molecule has 0 saturated heterocycles. The molecule has 13 heavy (non-hydrogen) atoms. The molecule has 4 heteroatoms. The van der Waals surface area contributed by atoms with E-state index in [1.807, 2.05) is 0 Å². The second-order valence-corrected chi connectivity index (χ2v) is 2.29. The first-order valence-electron chi connectivity index (χ1n) is 3.69. The summed E-state index contributed by atoms with van der Waals surface area (Å²) in [7, 11) is 2.84. The molecule has 0 aromatic heterocycles. The van der Waals surface area contributed by atoms with Gasteiger partial charge in [-0.25, -0.2) is 0 Å². The van der Waals surface area contributed by atoms with Crippen molar-refractivity contribution in [1.29, 1.82) is 0 Å². The predicted octanol–water partition coefficient (Wildman–Crippen LogP) is 1.97. The normalized spacial score (nSPS) is 11.2. The van der Waals surface area contributed by atoms with E-state index in [1.54, 1.807) is 31.4 Å². The molecule has 1 rings (SSSR count). The number of halogens is 1. The third kappa shape index (κ3) is 2.43. The Morgan fingerprint density at radius 2 is 1.85 bits per heavy atom. The monoisotopic (exact) mass is 183 g/mol. The molecule has 1 aromatic rings. The summed E-state index contributed by atoms with van der Waals surface area (Å²) in [6.45, 7) is 0. The fourth-order valence-electron chi connectivity index (χ4n) is 0.861. The van der Waals surface area contributed by atoms with Crippen molar-refractivity contribution in [3.05, 3.63) is 29.8 Å². The Bertz CT molecular complexity index is 295. The number of ether oxygens (including phenoxy) is 1. The van der Waals surface area contributed by atoms with Gasteiger partial charge in [-0.3, -0.25) is 0 Å². The Morgan fingerprint density at radius 3 is 2.31 bits per heavy atom. The van der Waals surface area contributed by atoms with Crippen molar-refractivity contribution in [2.75, 3.05) is 14.2 Å². The Hall–Kier alpha value is -1.58. The summed E-state index contributed by atoms with van der Waals surface area (Å²) in [6, 6.07) is 6.44. The quantitative estimate of drug-likeness (QED) is 0.530. The summed E-state index contributed by atoms with van der Waals surface area (Å²) >= 11 is 0. The van der Waals surface area contributed by atoms with Gasteiger partial charge in [0.05, 0.1) is 7.11 Å². The SMILES string of the molecule is CO/N=C(\F)c1ccc(OC)cc1. The van der Waals surface area contributed by atoms with Gasteiger partial charge in [0, 0.05) is 5.56 Å². The lowest BCUT2D eigenvalue weighted by molar-refractivity contribution is 0.209. The van der Waals surface area contributed by atoms with Crippen LogP contribution in [0.25, 0.3) is 0 Å². The fourth-order valence-corrected chi connectivity index (χ4v) is 0.861. The molecule has 3 nitrogen and oxygen atoms in total. The molecule has 0 amide bonds. The molecule has 70 valence electrons. The van der Waals surface area contributed by atoms with Crippen molar-refractivity contribution in [3.63, 3.8) is 0 Å². The van der Waals surface area contributed by atoms with Crippen molar-refractivity contribution in [1.82, 2.24) is 0 Å². The number of hydrogen-bond donors (Lipinski definition) is 0. The first-order chi connectivity index (χ1) is 6.27. The van der Waals surface area contributed by atoms with Gasteiger partial charge in [0.25, 0.3) is 5.97 Å². The molecule has 0 aliphatic heterocycles. The zero-order valence-electron chi connectivity index (χ0n) is 7.45. The van der Waals surface area contributed by atoms with Crippen LogP contribution >= 0.6 is 0 Å². The van der Waals surface area contributed by atoms with Gasteiger partial charge in [-0.2, -0.15) is 4.39 Å². The van der Waals surface area contributed by atoms with Crippen molar-refractivity contribution in [2.45, 2.75) is 0 Å². The highest BCUT2D eigenvalue weighted by Gasteiger charge is 2.01. The van der Waals surface area contributed by atoms with E-state index >= 15 is 0 Å². The molecule has 0 fully saturated rings. The number of nitrogens with zero attached hydrogens (tertiary/aromatic N) is 1. The zero-order chi connectivity index (χ0) is 9.68. The number of methoxy groups -OCH3 is 1. The highest BCUT2D eigenvalue weighted by Crippen LogP contribution is 2.12. The molecule has 0 spiro atoms. The van der Waals surface area contributed by atoms with Crippen LogP contribution in [0.3, 0.4) is 0 Å². The van der Waals surface area contributed by atoms with E-state index < -0.39 is 5.97 Å².